The summed E-state index contributed by atoms with van der Waals surface area (Å²) >= 11 is 0. The molecule has 21 heavy (non-hydrogen) atoms. The van der Waals surface area contributed by atoms with Crippen LogP contribution in [-0.2, 0) is 45.4 Å². The molecule has 11 heteroatoms. The molecule has 0 aromatic carbocycles. The largest absolute Gasteiger partial charge is 4.00 e. The van der Waals surface area contributed by atoms with Crippen molar-refractivity contribution in [2.75, 3.05) is 0 Å². The van der Waals surface area contributed by atoms with Crippen LogP contribution in [0.2, 0.25) is 0 Å². The molecule has 0 amide bonds. The number of carbonyl (C=O) groups excluding carboxylic acids is 4. The first-order chi connectivity index (χ1) is 9.07. The Bertz CT molecular complexity index is 329. The van der Waals surface area contributed by atoms with Gasteiger partial charge >= 0.3 is 26.2 Å². The molecule has 0 aliphatic rings. The van der Waals surface area contributed by atoms with Gasteiger partial charge in [0.1, 0.15) is 0 Å². The van der Waals surface area contributed by atoms with E-state index in [9.17, 15) is 39.6 Å². The number of aliphatic carboxylic acids is 4. The molecule has 4 N–H and O–H groups in total. The Balaban J connectivity index is -0.000000295. The number of hydrogen-bond donors (Lipinski definition) is 2. The number of carboxylic acid groups (broad SMARTS) is 4. The van der Waals surface area contributed by atoms with E-state index in [1.165, 1.54) is 0 Å². The molecule has 0 rings (SSSR count). The van der Waals surface area contributed by atoms with E-state index >= 15 is 0 Å². The first-order valence-corrected chi connectivity index (χ1v) is 5.40. The smallest absolute Gasteiger partial charge is 0.550 e. The van der Waals surface area contributed by atoms with Crippen molar-refractivity contribution in [1.82, 2.24) is 0 Å². The minimum Gasteiger partial charge on any atom is -0.550 e. The average molecular weight is 381 g/mol. The Labute approximate surface area is 139 Å². The fourth-order valence-electron chi connectivity index (χ4n) is 0.782. The fraction of sp³-hybridized carbons (Fsp3) is 0.600. The molecule has 0 spiro atoms. The van der Waals surface area contributed by atoms with Crippen LogP contribution >= 0.6 is 0 Å². The summed E-state index contributed by atoms with van der Waals surface area (Å²) in [5, 5.41) is 39.2. The summed E-state index contributed by atoms with van der Waals surface area (Å²) in [5.74, 6) is -5.50. The van der Waals surface area contributed by atoms with E-state index in [0.29, 0.717) is 0 Å². The second-order valence-corrected chi connectivity index (χ2v) is 3.67. The van der Waals surface area contributed by atoms with Crippen LogP contribution in [0, 0.1) is 0 Å². The first-order valence-electron chi connectivity index (χ1n) is 5.40. The number of carboxylic acids is 4. The Morgan fingerprint density at radius 2 is 0.952 bits per heavy atom. The maximum absolute atomic E-state index is 9.86. The van der Waals surface area contributed by atoms with Gasteiger partial charge in [-0.15, -0.1) is 0 Å². The number of carbonyl (C=O) groups is 4. The van der Waals surface area contributed by atoms with Gasteiger partial charge in [0, 0.05) is 24.0 Å². The third-order valence-corrected chi connectivity index (χ3v) is 1.92. The van der Waals surface area contributed by atoms with E-state index in [4.69, 9.17) is 11.5 Å². The zero-order valence-electron chi connectivity index (χ0n) is 10.9. The summed E-state index contributed by atoms with van der Waals surface area (Å²) in [6.45, 7) is 0. The van der Waals surface area contributed by atoms with Gasteiger partial charge in [0.2, 0.25) is 0 Å². The third-order valence-electron chi connectivity index (χ3n) is 1.92. The van der Waals surface area contributed by atoms with E-state index < -0.39 is 36.0 Å². The zero-order valence-corrected chi connectivity index (χ0v) is 13.4. The quantitative estimate of drug-likeness (QED) is 0.405. The molecule has 116 valence electrons. The summed E-state index contributed by atoms with van der Waals surface area (Å²) in [5.41, 5.74) is 9.82. The molecule has 0 saturated carbocycles. The molecule has 0 aliphatic carbocycles. The first kappa shape index (κ1) is 24.7. The average Bonchev–Trinajstić information content (AvgIpc) is 2.33. The monoisotopic (exact) mass is 380 g/mol. The van der Waals surface area contributed by atoms with Gasteiger partial charge in [-0.2, -0.15) is 0 Å². The molecule has 2 atom stereocenters. The molecule has 0 bridgehead atoms. The summed E-state index contributed by atoms with van der Waals surface area (Å²) in [4.78, 5) is 39.2. The van der Waals surface area contributed by atoms with Gasteiger partial charge in [0.25, 0.3) is 0 Å². The summed E-state index contributed by atoms with van der Waals surface area (Å²) in [6, 6.07) is -2.42. The van der Waals surface area contributed by atoms with Crippen molar-refractivity contribution in [2.24, 2.45) is 11.5 Å². The van der Waals surface area contributed by atoms with Gasteiger partial charge in [-0.05, 0) is 25.7 Å². The van der Waals surface area contributed by atoms with Crippen LogP contribution in [0.5, 0.6) is 0 Å². The van der Waals surface area contributed by atoms with E-state index in [-0.39, 0.29) is 51.9 Å². The summed E-state index contributed by atoms with van der Waals surface area (Å²) < 4.78 is 0. The van der Waals surface area contributed by atoms with Crippen molar-refractivity contribution in [3.63, 3.8) is 0 Å². The molecule has 0 radical (unpaired) electrons. The zero-order chi connectivity index (χ0) is 16.3. The molecule has 0 heterocycles. The predicted molar refractivity (Wildman–Crippen MR) is 54.4 cm³/mol. The standard InChI is InChI=1S/2C5H9NO4.Zr/c2*6-3(5(9)10)1-2-4(7)8;/h2*3H,1-2,6H2,(H,7,8)(H,9,10);/q;;+4/p-4. The van der Waals surface area contributed by atoms with Crippen LogP contribution in [0.25, 0.3) is 0 Å². The Hall–Kier alpha value is -1.32. The third kappa shape index (κ3) is 18.7. The van der Waals surface area contributed by atoms with Gasteiger partial charge < -0.3 is 51.1 Å². The van der Waals surface area contributed by atoms with Crippen LogP contribution in [0.15, 0.2) is 0 Å². The van der Waals surface area contributed by atoms with Crippen LogP contribution < -0.4 is 31.9 Å². The number of rotatable bonds is 8. The second kappa shape index (κ2) is 13.7. The number of hydrogen-bond acceptors (Lipinski definition) is 10. The van der Waals surface area contributed by atoms with Crippen molar-refractivity contribution < 1.29 is 65.8 Å². The van der Waals surface area contributed by atoms with Gasteiger partial charge in [-0.3, -0.25) is 0 Å². The van der Waals surface area contributed by atoms with Crippen molar-refractivity contribution >= 4 is 23.9 Å². The minimum atomic E-state index is -1.44. The Morgan fingerprint density at radius 1 is 0.714 bits per heavy atom. The maximum Gasteiger partial charge on any atom is 4.00 e. The normalized spacial score (nSPS) is 11.9. The van der Waals surface area contributed by atoms with E-state index in [0.717, 1.165) is 0 Å². The van der Waals surface area contributed by atoms with Crippen molar-refractivity contribution in [2.45, 2.75) is 37.8 Å². The van der Waals surface area contributed by atoms with Crippen molar-refractivity contribution in [1.29, 1.82) is 0 Å². The Morgan fingerprint density at radius 3 is 1.10 bits per heavy atom. The van der Waals surface area contributed by atoms with Crippen LogP contribution in [0.4, 0.5) is 0 Å². The molecular weight excluding hydrogens is 367 g/mol. The van der Waals surface area contributed by atoms with Gasteiger partial charge in [0.05, 0.1) is 11.9 Å². The van der Waals surface area contributed by atoms with Gasteiger partial charge in [-0.25, -0.2) is 0 Å². The minimum absolute atomic E-state index is 0. The van der Waals surface area contributed by atoms with Crippen LogP contribution in [0.3, 0.4) is 0 Å². The topological polar surface area (TPSA) is 213 Å². The molecule has 0 aromatic rings. The molecule has 0 fully saturated rings. The van der Waals surface area contributed by atoms with Crippen LogP contribution in [0.1, 0.15) is 25.7 Å². The van der Waals surface area contributed by atoms with E-state index in [2.05, 4.69) is 0 Å². The molecular formula is C10H14N2O8Zr. The van der Waals surface area contributed by atoms with Gasteiger partial charge in [0.15, 0.2) is 0 Å². The summed E-state index contributed by atoms with van der Waals surface area (Å²) in [6.07, 6.45) is -1.00. The maximum atomic E-state index is 9.86. The van der Waals surface area contributed by atoms with E-state index in [1.54, 1.807) is 0 Å². The number of nitrogens with two attached hydrogens (primary N) is 2. The molecule has 0 saturated heterocycles. The second-order valence-electron chi connectivity index (χ2n) is 3.67. The fourth-order valence-corrected chi connectivity index (χ4v) is 0.782. The summed E-state index contributed by atoms with van der Waals surface area (Å²) in [7, 11) is 0. The predicted octanol–water partition coefficient (Wildman–Crippen LogP) is -6.82. The SMILES string of the molecule is NC(CCC(=O)[O-])C(=O)[O-].NC(CCC(=O)[O-])C(=O)[O-].[Zr+4]. The molecule has 2 unspecified atom stereocenters. The van der Waals surface area contributed by atoms with Crippen molar-refractivity contribution in [3.8, 4) is 0 Å². The molecule has 0 aromatic heterocycles. The van der Waals surface area contributed by atoms with Crippen LogP contribution in [-0.4, -0.2) is 36.0 Å². The Kier molecular flexibility index (Phi) is 16.1. The van der Waals surface area contributed by atoms with Gasteiger partial charge in [-0.1, -0.05) is 0 Å². The molecule has 10 nitrogen and oxygen atoms in total. The molecule has 0 aliphatic heterocycles. The van der Waals surface area contributed by atoms with Crippen molar-refractivity contribution in [3.05, 3.63) is 0 Å². The van der Waals surface area contributed by atoms with E-state index in [1.807, 2.05) is 0 Å².